The zero-order chi connectivity index (χ0) is 9.52. The molecule has 2 unspecified atom stereocenters. The summed E-state index contributed by atoms with van der Waals surface area (Å²) in [6, 6.07) is 0.187. The lowest BCUT2D eigenvalue weighted by molar-refractivity contribution is -0.128. The molecule has 0 aromatic carbocycles. The van der Waals surface area contributed by atoms with Crippen LogP contribution in [0.4, 0.5) is 0 Å². The lowest BCUT2D eigenvalue weighted by atomic mass is 9.83. The second-order valence-corrected chi connectivity index (χ2v) is 4.68. The van der Waals surface area contributed by atoms with Crippen molar-refractivity contribution in [2.75, 3.05) is 7.05 Å². The molecule has 2 atom stereocenters. The van der Waals surface area contributed by atoms with Gasteiger partial charge in [-0.3, -0.25) is 4.79 Å². The Balaban J connectivity index is 2.84. The van der Waals surface area contributed by atoms with Crippen LogP contribution in [0.3, 0.4) is 0 Å². The van der Waals surface area contributed by atoms with Gasteiger partial charge >= 0.3 is 0 Å². The van der Waals surface area contributed by atoms with E-state index in [1.165, 1.54) is 0 Å². The van der Waals surface area contributed by atoms with Crippen LogP contribution in [0.5, 0.6) is 0 Å². The maximum Gasteiger partial charge on any atom is 0.224 e. The fraction of sp³-hybridized carbons (Fsp3) is 0.889. The van der Waals surface area contributed by atoms with Crippen LogP contribution in [0.15, 0.2) is 0 Å². The molecule has 1 aliphatic rings. The largest absolute Gasteiger partial charge is 0.341 e. The summed E-state index contributed by atoms with van der Waals surface area (Å²) < 4.78 is 0. The molecule has 3 heteroatoms. The Morgan fingerprint density at radius 2 is 2.00 bits per heavy atom. The molecule has 0 aromatic heterocycles. The molecule has 0 saturated carbocycles. The monoisotopic (exact) mass is 170 g/mol. The highest BCUT2D eigenvalue weighted by Crippen LogP contribution is 2.31. The highest BCUT2D eigenvalue weighted by atomic mass is 16.2. The van der Waals surface area contributed by atoms with E-state index < -0.39 is 0 Å². The number of carbonyl (C=O) groups excluding carboxylic acids is 1. The molecule has 0 spiro atoms. The first-order valence-corrected chi connectivity index (χ1v) is 4.35. The van der Waals surface area contributed by atoms with E-state index in [2.05, 4.69) is 20.8 Å². The summed E-state index contributed by atoms with van der Waals surface area (Å²) in [5, 5.41) is 0. The standard InChI is InChI=1S/C9H18N2O/c1-9(2,3)8-6(10)5-7(12)11(8)4/h6,8H,5,10H2,1-4H3. The minimum absolute atomic E-state index is 0.00231. The van der Waals surface area contributed by atoms with Crippen molar-refractivity contribution in [2.45, 2.75) is 39.3 Å². The van der Waals surface area contributed by atoms with Crippen molar-refractivity contribution in [3.05, 3.63) is 0 Å². The van der Waals surface area contributed by atoms with Gasteiger partial charge in [-0.15, -0.1) is 0 Å². The molecule has 70 valence electrons. The van der Waals surface area contributed by atoms with E-state index in [0.717, 1.165) is 0 Å². The van der Waals surface area contributed by atoms with E-state index in [0.29, 0.717) is 6.42 Å². The van der Waals surface area contributed by atoms with Crippen molar-refractivity contribution in [1.29, 1.82) is 0 Å². The molecule has 0 aliphatic carbocycles. The summed E-state index contributed by atoms with van der Waals surface area (Å²) >= 11 is 0. The predicted octanol–water partition coefficient (Wildman–Crippen LogP) is 0.590. The first kappa shape index (κ1) is 9.52. The maximum atomic E-state index is 11.3. The van der Waals surface area contributed by atoms with Crippen molar-refractivity contribution in [3.63, 3.8) is 0 Å². The normalized spacial score (nSPS) is 31.4. The maximum absolute atomic E-state index is 11.3. The fourth-order valence-electron chi connectivity index (χ4n) is 2.12. The van der Waals surface area contributed by atoms with Crippen LogP contribution in [0, 0.1) is 5.41 Å². The van der Waals surface area contributed by atoms with Gasteiger partial charge in [0, 0.05) is 19.5 Å². The Bertz CT molecular complexity index is 195. The molecule has 0 aromatic rings. The zero-order valence-electron chi connectivity index (χ0n) is 8.29. The predicted molar refractivity (Wildman–Crippen MR) is 48.6 cm³/mol. The Morgan fingerprint density at radius 3 is 2.17 bits per heavy atom. The highest BCUT2D eigenvalue weighted by molar-refractivity contribution is 5.79. The SMILES string of the molecule is CN1C(=O)CC(N)C1C(C)(C)C. The zero-order valence-corrected chi connectivity index (χ0v) is 8.29. The first-order chi connectivity index (χ1) is 5.34. The number of hydrogen-bond donors (Lipinski definition) is 1. The third-order valence-corrected chi connectivity index (χ3v) is 2.51. The number of nitrogens with two attached hydrogens (primary N) is 1. The Hall–Kier alpha value is -0.570. The number of likely N-dealkylation sites (tertiary alicyclic amines) is 1. The Kier molecular flexibility index (Phi) is 2.17. The van der Waals surface area contributed by atoms with E-state index in [-0.39, 0.29) is 23.4 Å². The minimum Gasteiger partial charge on any atom is -0.341 e. The molecule has 1 aliphatic heterocycles. The van der Waals surface area contributed by atoms with Gasteiger partial charge in [-0.05, 0) is 5.41 Å². The van der Waals surface area contributed by atoms with Gasteiger partial charge in [0.25, 0.3) is 0 Å². The number of amides is 1. The van der Waals surface area contributed by atoms with Gasteiger partial charge in [0.2, 0.25) is 5.91 Å². The molecule has 0 bridgehead atoms. The smallest absolute Gasteiger partial charge is 0.224 e. The third kappa shape index (κ3) is 1.46. The second-order valence-electron chi connectivity index (χ2n) is 4.68. The molecule has 3 nitrogen and oxygen atoms in total. The lowest BCUT2D eigenvalue weighted by Crippen LogP contribution is -2.47. The summed E-state index contributed by atoms with van der Waals surface area (Å²) in [5.74, 6) is 0.169. The van der Waals surface area contributed by atoms with Crippen LogP contribution in [0.2, 0.25) is 0 Å². The topological polar surface area (TPSA) is 46.3 Å². The van der Waals surface area contributed by atoms with Crippen molar-refractivity contribution >= 4 is 5.91 Å². The number of rotatable bonds is 0. The van der Waals surface area contributed by atoms with Crippen molar-refractivity contribution in [3.8, 4) is 0 Å². The van der Waals surface area contributed by atoms with Crippen molar-refractivity contribution in [1.82, 2.24) is 4.90 Å². The molecule has 0 radical (unpaired) electrons. The van der Waals surface area contributed by atoms with Crippen LogP contribution in [0.1, 0.15) is 27.2 Å². The van der Waals surface area contributed by atoms with Gasteiger partial charge < -0.3 is 10.6 Å². The molecule has 1 amide bonds. The van der Waals surface area contributed by atoms with Crippen LogP contribution >= 0.6 is 0 Å². The average Bonchev–Trinajstić information content (AvgIpc) is 2.05. The van der Waals surface area contributed by atoms with E-state index >= 15 is 0 Å². The number of carbonyl (C=O) groups is 1. The van der Waals surface area contributed by atoms with Crippen LogP contribution in [-0.2, 0) is 4.79 Å². The molecular weight excluding hydrogens is 152 g/mol. The Labute approximate surface area is 73.9 Å². The fourth-order valence-corrected chi connectivity index (χ4v) is 2.12. The van der Waals surface area contributed by atoms with E-state index in [9.17, 15) is 4.79 Å². The summed E-state index contributed by atoms with van der Waals surface area (Å²) in [6.07, 6.45) is 0.498. The van der Waals surface area contributed by atoms with Crippen LogP contribution < -0.4 is 5.73 Å². The summed E-state index contributed by atoms with van der Waals surface area (Å²) in [5.41, 5.74) is 5.97. The molecular formula is C9H18N2O. The third-order valence-electron chi connectivity index (χ3n) is 2.51. The Morgan fingerprint density at radius 1 is 1.50 bits per heavy atom. The van der Waals surface area contributed by atoms with Gasteiger partial charge in [-0.25, -0.2) is 0 Å². The molecule has 1 fully saturated rings. The molecule has 1 heterocycles. The van der Waals surface area contributed by atoms with E-state index in [4.69, 9.17) is 5.73 Å². The van der Waals surface area contributed by atoms with Crippen molar-refractivity contribution < 1.29 is 4.79 Å². The molecule has 12 heavy (non-hydrogen) atoms. The molecule has 2 N–H and O–H groups in total. The van der Waals surface area contributed by atoms with E-state index in [1.54, 1.807) is 4.90 Å². The summed E-state index contributed by atoms with van der Waals surface area (Å²) in [6.45, 7) is 6.35. The summed E-state index contributed by atoms with van der Waals surface area (Å²) in [7, 11) is 1.84. The van der Waals surface area contributed by atoms with Gasteiger partial charge in [0.05, 0.1) is 6.04 Å². The second kappa shape index (κ2) is 2.73. The quantitative estimate of drug-likeness (QED) is 0.578. The van der Waals surface area contributed by atoms with Crippen LogP contribution in [-0.4, -0.2) is 29.9 Å². The molecule has 1 saturated heterocycles. The van der Waals surface area contributed by atoms with E-state index in [1.807, 2.05) is 7.05 Å². The average molecular weight is 170 g/mol. The number of hydrogen-bond acceptors (Lipinski definition) is 2. The first-order valence-electron chi connectivity index (χ1n) is 4.35. The van der Waals surface area contributed by atoms with Gasteiger partial charge in [-0.2, -0.15) is 0 Å². The number of nitrogens with zero attached hydrogens (tertiary/aromatic N) is 1. The number of likely N-dealkylation sites (N-methyl/N-ethyl adjacent to an activating group) is 1. The highest BCUT2D eigenvalue weighted by Gasteiger charge is 2.41. The lowest BCUT2D eigenvalue weighted by Gasteiger charge is -2.35. The molecule has 1 rings (SSSR count). The minimum atomic E-state index is 0.00231. The van der Waals surface area contributed by atoms with Crippen molar-refractivity contribution in [2.24, 2.45) is 11.1 Å². The van der Waals surface area contributed by atoms with Gasteiger partial charge in [0.1, 0.15) is 0 Å². The van der Waals surface area contributed by atoms with Crippen LogP contribution in [0.25, 0.3) is 0 Å². The summed E-state index contributed by atoms with van der Waals surface area (Å²) in [4.78, 5) is 13.1. The van der Waals surface area contributed by atoms with Gasteiger partial charge in [0.15, 0.2) is 0 Å². The van der Waals surface area contributed by atoms with Gasteiger partial charge in [-0.1, -0.05) is 20.8 Å².